The molecule has 0 bridgehead atoms. The number of nitrogens with two attached hydrogens (primary N) is 1. The van der Waals surface area contributed by atoms with Crippen molar-refractivity contribution in [2.45, 2.75) is 38.3 Å². The third-order valence-corrected chi connectivity index (χ3v) is 4.13. The van der Waals surface area contributed by atoms with Crippen LogP contribution in [0.1, 0.15) is 32.3 Å². The molecule has 21 heavy (non-hydrogen) atoms. The second-order valence-electron chi connectivity index (χ2n) is 6.33. The van der Waals surface area contributed by atoms with Crippen LogP contribution in [0.5, 0.6) is 0 Å². The van der Waals surface area contributed by atoms with Gasteiger partial charge in [-0.15, -0.1) is 0 Å². The van der Waals surface area contributed by atoms with E-state index in [0.29, 0.717) is 23.1 Å². The minimum Gasteiger partial charge on any atom is -0.444 e. The van der Waals surface area contributed by atoms with Crippen LogP contribution < -0.4 is 5.73 Å². The molecule has 1 amide bonds. The number of benzene rings is 1. The standard InChI is InChI=1S/C15H20Cl2N2O2/c1-15(2,3)21-14(20)19-7-10(13(18)8-19)9-4-5-11(16)12(17)6-9/h4-6,10,13H,7-8,18H2,1-3H3. The lowest BCUT2D eigenvalue weighted by atomic mass is 9.95. The predicted octanol–water partition coefficient (Wildman–Crippen LogP) is 3.66. The summed E-state index contributed by atoms with van der Waals surface area (Å²) < 4.78 is 5.38. The second kappa shape index (κ2) is 6.03. The van der Waals surface area contributed by atoms with Crippen molar-refractivity contribution in [1.29, 1.82) is 0 Å². The number of likely N-dealkylation sites (tertiary alicyclic amines) is 1. The number of hydrogen-bond acceptors (Lipinski definition) is 3. The van der Waals surface area contributed by atoms with Crippen LogP contribution in [-0.4, -0.2) is 35.7 Å². The molecule has 6 heteroatoms. The maximum Gasteiger partial charge on any atom is 0.410 e. The largest absolute Gasteiger partial charge is 0.444 e. The van der Waals surface area contributed by atoms with Gasteiger partial charge in [-0.1, -0.05) is 29.3 Å². The first-order chi connectivity index (χ1) is 9.67. The minimum absolute atomic E-state index is 0.0345. The molecular weight excluding hydrogens is 311 g/mol. The highest BCUT2D eigenvalue weighted by atomic mass is 35.5. The number of carbonyl (C=O) groups is 1. The number of rotatable bonds is 1. The Labute approximate surface area is 135 Å². The van der Waals surface area contributed by atoms with Gasteiger partial charge in [-0.05, 0) is 38.5 Å². The summed E-state index contributed by atoms with van der Waals surface area (Å²) in [6, 6.07) is 5.32. The van der Waals surface area contributed by atoms with Gasteiger partial charge in [0.05, 0.1) is 10.0 Å². The summed E-state index contributed by atoms with van der Waals surface area (Å²) in [6.07, 6.45) is -0.333. The molecule has 0 aromatic heterocycles. The van der Waals surface area contributed by atoms with Crippen LogP contribution >= 0.6 is 23.2 Å². The van der Waals surface area contributed by atoms with E-state index in [9.17, 15) is 4.79 Å². The monoisotopic (exact) mass is 330 g/mol. The molecule has 2 atom stereocenters. The Morgan fingerprint density at radius 2 is 1.95 bits per heavy atom. The van der Waals surface area contributed by atoms with Crippen LogP contribution in [0.4, 0.5) is 4.79 Å². The highest BCUT2D eigenvalue weighted by Crippen LogP contribution is 2.31. The minimum atomic E-state index is -0.511. The summed E-state index contributed by atoms with van der Waals surface area (Å²) in [5.41, 5.74) is 6.64. The van der Waals surface area contributed by atoms with Crippen molar-refractivity contribution in [3.63, 3.8) is 0 Å². The van der Waals surface area contributed by atoms with Crippen molar-refractivity contribution >= 4 is 29.3 Å². The fraction of sp³-hybridized carbons (Fsp3) is 0.533. The van der Waals surface area contributed by atoms with E-state index in [1.54, 1.807) is 11.0 Å². The quantitative estimate of drug-likeness (QED) is 0.854. The number of amides is 1. The van der Waals surface area contributed by atoms with Gasteiger partial charge in [-0.2, -0.15) is 0 Å². The summed E-state index contributed by atoms with van der Waals surface area (Å²) in [6.45, 7) is 6.53. The molecule has 2 unspecified atom stereocenters. The zero-order valence-electron chi connectivity index (χ0n) is 12.4. The van der Waals surface area contributed by atoms with E-state index >= 15 is 0 Å². The molecule has 0 spiro atoms. The summed E-state index contributed by atoms with van der Waals surface area (Å²) in [7, 11) is 0. The molecule has 2 N–H and O–H groups in total. The molecule has 1 heterocycles. The fourth-order valence-electron chi connectivity index (χ4n) is 2.40. The van der Waals surface area contributed by atoms with Crippen molar-refractivity contribution < 1.29 is 9.53 Å². The molecule has 1 aliphatic heterocycles. The summed E-state index contributed by atoms with van der Waals surface area (Å²) >= 11 is 12.0. The van der Waals surface area contributed by atoms with Crippen molar-refractivity contribution in [2.75, 3.05) is 13.1 Å². The summed E-state index contributed by atoms with van der Waals surface area (Å²) in [5, 5.41) is 1.01. The van der Waals surface area contributed by atoms with E-state index in [-0.39, 0.29) is 18.1 Å². The molecule has 1 aromatic rings. The lowest BCUT2D eigenvalue weighted by Gasteiger charge is -2.24. The topological polar surface area (TPSA) is 55.6 Å². The smallest absolute Gasteiger partial charge is 0.410 e. The van der Waals surface area contributed by atoms with Crippen molar-refractivity contribution in [2.24, 2.45) is 5.73 Å². The third-order valence-electron chi connectivity index (χ3n) is 3.39. The number of halogens is 2. The Hall–Kier alpha value is -0.970. The molecule has 1 fully saturated rings. The average Bonchev–Trinajstić information content (AvgIpc) is 2.73. The fourth-order valence-corrected chi connectivity index (χ4v) is 2.71. The molecular formula is C15H20Cl2N2O2. The molecule has 1 saturated heterocycles. The van der Waals surface area contributed by atoms with E-state index in [4.69, 9.17) is 33.7 Å². The SMILES string of the molecule is CC(C)(C)OC(=O)N1CC(N)C(c2ccc(Cl)c(Cl)c2)C1. The number of carbonyl (C=O) groups excluding carboxylic acids is 1. The van der Waals surface area contributed by atoms with Gasteiger partial charge in [0.15, 0.2) is 0 Å². The number of ether oxygens (including phenoxy) is 1. The lowest BCUT2D eigenvalue weighted by Crippen LogP contribution is -2.36. The number of nitrogens with zero attached hydrogens (tertiary/aromatic N) is 1. The molecule has 0 aliphatic carbocycles. The van der Waals surface area contributed by atoms with Crippen LogP contribution in [0.15, 0.2) is 18.2 Å². The molecule has 0 radical (unpaired) electrons. The molecule has 1 aliphatic rings. The Balaban J connectivity index is 2.10. The zero-order valence-corrected chi connectivity index (χ0v) is 13.9. The number of hydrogen-bond donors (Lipinski definition) is 1. The predicted molar refractivity (Wildman–Crippen MR) is 85.0 cm³/mol. The van der Waals surface area contributed by atoms with Gasteiger partial charge in [0, 0.05) is 25.0 Å². The van der Waals surface area contributed by atoms with Crippen molar-refractivity contribution in [3.8, 4) is 0 Å². The third kappa shape index (κ3) is 4.02. The van der Waals surface area contributed by atoms with E-state index in [2.05, 4.69) is 0 Å². The maximum absolute atomic E-state index is 12.1. The second-order valence-corrected chi connectivity index (χ2v) is 7.14. The van der Waals surface area contributed by atoms with Gasteiger partial charge in [-0.3, -0.25) is 0 Å². The summed E-state index contributed by atoms with van der Waals surface area (Å²) in [5.74, 6) is 0.0345. The van der Waals surface area contributed by atoms with Gasteiger partial charge >= 0.3 is 6.09 Å². The average molecular weight is 331 g/mol. The molecule has 0 saturated carbocycles. The normalized spacial score (nSPS) is 22.5. The van der Waals surface area contributed by atoms with Gasteiger partial charge in [0.1, 0.15) is 5.60 Å². The van der Waals surface area contributed by atoms with Crippen LogP contribution in [0.2, 0.25) is 10.0 Å². The highest BCUT2D eigenvalue weighted by molar-refractivity contribution is 6.42. The zero-order chi connectivity index (χ0) is 15.8. The molecule has 1 aromatic carbocycles. The maximum atomic E-state index is 12.1. The Kier molecular flexibility index (Phi) is 4.71. The Morgan fingerprint density at radius 1 is 1.29 bits per heavy atom. The van der Waals surface area contributed by atoms with E-state index in [1.165, 1.54) is 0 Å². The first-order valence-corrected chi connectivity index (χ1v) is 7.61. The molecule has 4 nitrogen and oxygen atoms in total. The molecule has 116 valence electrons. The van der Waals surface area contributed by atoms with Crippen LogP contribution in [-0.2, 0) is 4.74 Å². The highest BCUT2D eigenvalue weighted by Gasteiger charge is 2.36. The van der Waals surface area contributed by atoms with Gasteiger partial charge in [0.2, 0.25) is 0 Å². The van der Waals surface area contributed by atoms with Gasteiger partial charge in [-0.25, -0.2) is 4.79 Å². The molecule has 2 rings (SSSR count). The van der Waals surface area contributed by atoms with Crippen molar-refractivity contribution in [3.05, 3.63) is 33.8 Å². The van der Waals surface area contributed by atoms with Crippen LogP contribution in [0.25, 0.3) is 0 Å². The Bertz CT molecular complexity index is 543. The van der Waals surface area contributed by atoms with E-state index in [1.807, 2.05) is 32.9 Å². The van der Waals surface area contributed by atoms with E-state index < -0.39 is 5.60 Å². The van der Waals surface area contributed by atoms with Crippen LogP contribution in [0.3, 0.4) is 0 Å². The van der Waals surface area contributed by atoms with Gasteiger partial charge < -0.3 is 15.4 Å². The Morgan fingerprint density at radius 3 is 2.52 bits per heavy atom. The van der Waals surface area contributed by atoms with E-state index in [0.717, 1.165) is 5.56 Å². The van der Waals surface area contributed by atoms with Crippen LogP contribution in [0, 0.1) is 0 Å². The van der Waals surface area contributed by atoms with Crippen molar-refractivity contribution in [1.82, 2.24) is 4.90 Å². The lowest BCUT2D eigenvalue weighted by molar-refractivity contribution is 0.0290. The van der Waals surface area contributed by atoms with Gasteiger partial charge in [0.25, 0.3) is 0 Å². The first kappa shape index (κ1) is 16.4. The summed E-state index contributed by atoms with van der Waals surface area (Å²) in [4.78, 5) is 13.7. The first-order valence-electron chi connectivity index (χ1n) is 6.86.